The molecule has 2 aliphatic rings. The summed E-state index contributed by atoms with van der Waals surface area (Å²) in [5.74, 6) is 0.823. The number of halogens is 3. The Morgan fingerprint density at radius 2 is 1.79 bits per heavy atom. The highest BCUT2D eigenvalue weighted by molar-refractivity contribution is 5.79. The van der Waals surface area contributed by atoms with Gasteiger partial charge in [-0.1, -0.05) is 23.4 Å². The van der Waals surface area contributed by atoms with E-state index in [1.54, 1.807) is 26.8 Å². The van der Waals surface area contributed by atoms with Crippen LogP contribution in [0.5, 0.6) is 5.75 Å². The molecule has 0 saturated carbocycles. The number of benzene rings is 1. The number of carbonyl (C=O) groups is 1. The average molecular weight is 535 g/mol. The van der Waals surface area contributed by atoms with E-state index in [9.17, 15) is 18.0 Å². The van der Waals surface area contributed by atoms with Gasteiger partial charge in [0, 0.05) is 31.1 Å². The molecule has 208 valence electrons. The van der Waals surface area contributed by atoms with Gasteiger partial charge in [0.25, 0.3) is 0 Å². The number of fused-ring (bicyclic) bond motifs is 1. The van der Waals surface area contributed by atoms with E-state index in [1.165, 1.54) is 24.1 Å². The van der Waals surface area contributed by atoms with Crippen LogP contribution in [0.1, 0.15) is 70.0 Å². The van der Waals surface area contributed by atoms with Crippen molar-refractivity contribution in [3.63, 3.8) is 0 Å². The molecule has 4 rings (SSSR count). The number of esters is 1. The molecule has 1 unspecified atom stereocenters. The second-order valence-corrected chi connectivity index (χ2v) is 11.4. The highest BCUT2D eigenvalue weighted by Gasteiger charge is 2.52. The molecule has 1 aromatic heterocycles. The minimum absolute atomic E-state index is 0.00654. The summed E-state index contributed by atoms with van der Waals surface area (Å²) in [5.41, 5.74) is -0.319. The maximum absolute atomic E-state index is 13.4. The topological polar surface area (TPSA) is 64.8 Å². The number of aromatic nitrogens is 1. The summed E-state index contributed by atoms with van der Waals surface area (Å²) in [7, 11) is 0. The van der Waals surface area contributed by atoms with Crippen LogP contribution in [0.2, 0.25) is 0 Å². The van der Waals surface area contributed by atoms with Crippen molar-refractivity contribution >= 4 is 5.97 Å². The first-order valence-corrected chi connectivity index (χ1v) is 13.2. The lowest BCUT2D eigenvalue weighted by molar-refractivity contribution is -0.204. The summed E-state index contributed by atoms with van der Waals surface area (Å²) >= 11 is 0. The Labute approximate surface area is 222 Å². The third-order valence-corrected chi connectivity index (χ3v) is 7.85. The zero-order chi connectivity index (χ0) is 27.8. The first-order valence-electron chi connectivity index (χ1n) is 13.2. The van der Waals surface area contributed by atoms with Gasteiger partial charge in [-0.25, -0.2) is 4.79 Å². The second-order valence-electron chi connectivity index (χ2n) is 11.4. The van der Waals surface area contributed by atoms with E-state index in [2.05, 4.69) is 16.1 Å². The van der Waals surface area contributed by atoms with Crippen LogP contribution in [-0.4, -0.2) is 47.5 Å². The summed E-state index contributed by atoms with van der Waals surface area (Å²) in [5, 5.41) is 4.24. The van der Waals surface area contributed by atoms with Crippen molar-refractivity contribution in [1.29, 1.82) is 0 Å². The summed E-state index contributed by atoms with van der Waals surface area (Å²) in [4.78, 5) is 14.5. The van der Waals surface area contributed by atoms with E-state index in [4.69, 9.17) is 14.0 Å². The summed E-state index contributed by atoms with van der Waals surface area (Å²) < 4.78 is 57.0. The summed E-state index contributed by atoms with van der Waals surface area (Å²) in [6.07, 6.45) is 0.644. The largest absolute Gasteiger partial charge is 0.476 e. The van der Waals surface area contributed by atoms with Crippen LogP contribution >= 0.6 is 0 Å². The Hall–Kier alpha value is -2.81. The van der Waals surface area contributed by atoms with E-state index in [-0.39, 0.29) is 6.42 Å². The molecule has 1 aromatic carbocycles. The Morgan fingerprint density at radius 3 is 2.42 bits per heavy atom. The SMILES string of the molecule is CCOC(=O)C(C)(C)Oc1ccc2c(c1)CCN(Cc1cc(C3(C)C=C[C@@](C)(C(F)(F)F)CC3)on1)CC2. The molecule has 0 N–H and O–H groups in total. The van der Waals surface area contributed by atoms with Gasteiger partial charge in [0.15, 0.2) is 5.60 Å². The molecule has 0 radical (unpaired) electrons. The van der Waals surface area contributed by atoms with Gasteiger partial charge in [0.05, 0.1) is 17.7 Å². The van der Waals surface area contributed by atoms with Crippen molar-refractivity contribution in [2.24, 2.45) is 5.41 Å². The Kier molecular flexibility index (Phi) is 7.72. The Morgan fingerprint density at radius 1 is 1.08 bits per heavy atom. The van der Waals surface area contributed by atoms with Gasteiger partial charge in [-0.3, -0.25) is 4.90 Å². The summed E-state index contributed by atoms with van der Waals surface area (Å²) in [6, 6.07) is 7.82. The van der Waals surface area contributed by atoms with Crippen LogP contribution in [0.25, 0.3) is 0 Å². The van der Waals surface area contributed by atoms with E-state index >= 15 is 0 Å². The zero-order valence-electron chi connectivity index (χ0n) is 22.8. The van der Waals surface area contributed by atoms with Gasteiger partial charge >= 0.3 is 12.1 Å². The van der Waals surface area contributed by atoms with Gasteiger partial charge in [-0.2, -0.15) is 13.2 Å². The van der Waals surface area contributed by atoms with Crippen LogP contribution < -0.4 is 4.74 Å². The number of nitrogens with zero attached hydrogens (tertiary/aromatic N) is 2. The van der Waals surface area contributed by atoms with E-state index in [1.807, 2.05) is 25.1 Å². The molecule has 2 aromatic rings. The second kappa shape index (κ2) is 10.4. The van der Waals surface area contributed by atoms with Crippen molar-refractivity contribution in [2.45, 2.75) is 84.0 Å². The Bertz CT molecular complexity index is 1190. The lowest BCUT2D eigenvalue weighted by Crippen LogP contribution is -2.39. The molecule has 0 spiro atoms. The van der Waals surface area contributed by atoms with Crippen molar-refractivity contribution in [2.75, 3.05) is 19.7 Å². The number of hydrogen-bond acceptors (Lipinski definition) is 6. The van der Waals surface area contributed by atoms with Gasteiger partial charge in [-0.05, 0) is 83.6 Å². The molecule has 2 atom stereocenters. The molecule has 0 fully saturated rings. The van der Waals surface area contributed by atoms with Crippen molar-refractivity contribution < 1.29 is 32.0 Å². The first kappa shape index (κ1) is 28.2. The predicted octanol–water partition coefficient (Wildman–Crippen LogP) is 6.17. The molecule has 38 heavy (non-hydrogen) atoms. The van der Waals surface area contributed by atoms with Crippen LogP contribution in [0.4, 0.5) is 13.2 Å². The molecule has 0 amide bonds. The number of carbonyl (C=O) groups excluding carboxylic acids is 1. The van der Waals surface area contributed by atoms with Crippen LogP contribution in [-0.2, 0) is 34.3 Å². The van der Waals surface area contributed by atoms with Gasteiger partial charge < -0.3 is 14.0 Å². The number of allylic oxidation sites excluding steroid dienone is 2. The number of alkyl halides is 3. The fourth-order valence-corrected chi connectivity index (χ4v) is 4.99. The maximum Gasteiger partial charge on any atom is 0.397 e. The van der Waals surface area contributed by atoms with Crippen LogP contribution in [0, 0.1) is 5.41 Å². The van der Waals surface area contributed by atoms with Crippen LogP contribution in [0.3, 0.4) is 0 Å². The maximum atomic E-state index is 13.4. The first-order chi connectivity index (χ1) is 17.7. The zero-order valence-corrected chi connectivity index (χ0v) is 22.8. The highest BCUT2D eigenvalue weighted by Crippen LogP contribution is 2.49. The minimum Gasteiger partial charge on any atom is -0.476 e. The van der Waals surface area contributed by atoms with Crippen molar-refractivity contribution in [3.05, 3.63) is 59.0 Å². The molecular formula is C29H37F3N2O4. The van der Waals surface area contributed by atoms with Gasteiger partial charge in [0.2, 0.25) is 0 Å². The molecule has 9 heteroatoms. The highest BCUT2D eigenvalue weighted by atomic mass is 19.4. The molecule has 0 saturated heterocycles. The average Bonchev–Trinajstić information content (AvgIpc) is 3.23. The lowest BCUT2D eigenvalue weighted by atomic mass is 9.69. The number of rotatable bonds is 7. The third kappa shape index (κ3) is 5.92. The molecular weight excluding hydrogens is 497 g/mol. The van der Waals surface area contributed by atoms with Crippen molar-refractivity contribution in [1.82, 2.24) is 10.1 Å². The predicted molar refractivity (Wildman–Crippen MR) is 137 cm³/mol. The fraction of sp³-hybridized carbons (Fsp3) is 0.586. The van der Waals surface area contributed by atoms with Gasteiger partial charge in [-0.15, -0.1) is 0 Å². The fourth-order valence-electron chi connectivity index (χ4n) is 4.99. The molecule has 6 nitrogen and oxygen atoms in total. The standard InChI is InChI=1S/C29H37F3N2O4/c1-6-36-25(35)26(2,3)37-23-8-7-20-9-15-34(16-10-21(20)17-23)19-22-18-24(38-33-22)27(4)11-13-28(5,14-12-27)29(30,31)32/h7-8,11,13,17-18H,6,9-10,12,14-16,19H2,1-5H3/t27?,28-/m1/s1. The van der Waals surface area contributed by atoms with E-state index in [0.29, 0.717) is 31.1 Å². The number of hydrogen-bond donors (Lipinski definition) is 0. The van der Waals surface area contributed by atoms with Crippen molar-refractivity contribution in [3.8, 4) is 5.75 Å². The smallest absolute Gasteiger partial charge is 0.397 e. The number of ether oxygens (including phenoxy) is 2. The van der Waals surface area contributed by atoms with E-state index < -0.39 is 28.6 Å². The molecule has 1 aliphatic carbocycles. The molecule has 0 bridgehead atoms. The normalized spacial score (nSPS) is 24.5. The summed E-state index contributed by atoms with van der Waals surface area (Å²) in [6.45, 7) is 10.8. The quantitative estimate of drug-likeness (QED) is 0.313. The van der Waals surface area contributed by atoms with Gasteiger partial charge in [0.1, 0.15) is 11.5 Å². The minimum atomic E-state index is -4.27. The molecule has 1 aliphatic heterocycles. The monoisotopic (exact) mass is 534 g/mol. The third-order valence-electron chi connectivity index (χ3n) is 7.85. The van der Waals surface area contributed by atoms with Crippen LogP contribution in [0.15, 0.2) is 40.9 Å². The van der Waals surface area contributed by atoms with E-state index in [0.717, 1.165) is 31.6 Å². The molecule has 2 heterocycles. The lowest BCUT2D eigenvalue weighted by Gasteiger charge is -2.37. The Balaban J connectivity index is 1.39.